The predicted octanol–water partition coefficient (Wildman–Crippen LogP) is 0.959. The van der Waals surface area contributed by atoms with Crippen LogP contribution in [0.4, 0.5) is 0 Å². The Kier molecular flexibility index (Phi) is 17.1. The summed E-state index contributed by atoms with van der Waals surface area (Å²) < 4.78 is 5.12. The van der Waals surface area contributed by atoms with Crippen molar-refractivity contribution in [3.8, 4) is 0 Å². The van der Waals surface area contributed by atoms with E-state index < -0.39 is 18.0 Å². The summed E-state index contributed by atoms with van der Waals surface area (Å²) in [6, 6.07) is 9.30. The Balaban J connectivity index is 0.0000102. The number of aliphatic hydroxyl groups excluding tert-OH is 1. The van der Waals surface area contributed by atoms with E-state index in [-0.39, 0.29) is 56.8 Å². The highest BCUT2D eigenvalue weighted by molar-refractivity contribution is 5.85. The Bertz CT molecular complexity index is 720. The number of carbonyl (C=O) groups excluding carboxylic acids is 3. The number of esters is 1. The van der Waals surface area contributed by atoms with Gasteiger partial charge in [0.25, 0.3) is 0 Å². The molecule has 7 N–H and O–H groups in total. The van der Waals surface area contributed by atoms with Crippen molar-refractivity contribution >= 4 is 36.2 Å². The molecule has 0 radical (unpaired) electrons. The standard InChI is InChI=1S/C22H35N5O5.ClH/c23-22(24)26-12-7-2-1-6-10-19(29)27-15-18(28)14-20(30)25-13-11-21(31)32-16-17-8-4-3-5-9-17;/h3-5,8-9,18,28H,1-2,6-7,10-16H2,(H,25,30)(H,27,29)(H4,23,24,26);1H. The molecule has 1 atom stereocenters. The van der Waals surface area contributed by atoms with E-state index in [1.54, 1.807) is 0 Å². The normalized spacial score (nSPS) is 10.9. The molecule has 1 aromatic carbocycles. The second-order valence-corrected chi connectivity index (χ2v) is 7.41. The Morgan fingerprint density at radius 2 is 1.64 bits per heavy atom. The molecule has 2 amide bonds. The molecule has 0 aliphatic heterocycles. The number of nitrogens with two attached hydrogens (primary N) is 1. The van der Waals surface area contributed by atoms with E-state index in [9.17, 15) is 19.5 Å². The molecule has 0 bridgehead atoms. The molecule has 10 nitrogen and oxygen atoms in total. The van der Waals surface area contributed by atoms with Crippen LogP contribution in [0.3, 0.4) is 0 Å². The Morgan fingerprint density at radius 1 is 0.939 bits per heavy atom. The first-order valence-electron chi connectivity index (χ1n) is 10.9. The van der Waals surface area contributed by atoms with Gasteiger partial charge in [-0.05, 0) is 18.4 Å². The molecule has 0 aromatic heterocycles. The molecule has 0 spiro atoms. The number of benzene rings is 1. The van der Waals surface area contributed by atoms with Gasteiger partial charge in [0.1, 0.15) is 6.61 Å². The lowest BCUT2D eigenvalue weighted by Gasteiger charge is -2.12. The quantitative estimate of drug-likeness (QED) is 0.0877. The van der Waals surface area contributed by atoms with Gasteiger partial charge in [-0.15, -0.1) is 12.4 Å². The zero-order valence-corrected chi connectivity index (χ0v) is 19.6. The molecule has 33 heavy (non-hydrogen) atoms. The van der Waals surface area contributed by atoms with Gasteiger partial charge in [-0.25, -0.2) is 0 Å². The van der Waals surface area contributed by atoms with Crippen molar-refractivity contribution in [2.24, 2.45) is 5.73 Å². The smallest absolute Gasteiger partial charge is 0.307 e. The van der Waals surface area contributed by atoms with Gasteiger partial charge in [-0.1, -0.05) is 43.2 Å². The minimum absolute atomic E-state index is 0. The summed E-state index contributed by atoms with van der Waals surface area (Å²) in [5, 5.41) is 24.8. The third-order valence-corrected chi connectivity index (χ3v) is 4.50. The van der Waals surface area contributed by atoms with Crippen LogP contribution in [0.2, 0.25) is 0 Å². The van der Waals surface area contributed by atoms with Gasteiger partial charge in [0.15, 0.2) is 5.96 Å². The van der Waals surface area contributed by atoms with Crippen molar-refractivity contribution < 1.29 is 24.2 Å². The number of ether oxygens (including phenoxy) is 1. The first-order valence-corrected chi connectivity index (χ1v) is 10.9. The highest BCUT2D eigenvalue weighted by atomic mass is 35.5. The maximum atomic E-state index is 11.8. The molecular weight excluding hydrogens is 450 g/mol. The number of nitrogens with one attached hydrogen (secondary N) is 4. The first kappa shape index (κ1) is 30.2. The lowest BCUT2D eigenvalue weighted by Crippen LogP contribution is -2.36. The third kappa shape index (κ3) is 17.4. The SMILES string of the molecule is Cl.N=C(N)NCCCCCCC(=O)NCC(O)CC(=O)NCCC(=O)OCc1ccccc1. The zero-order valence-electron chi connectivity index (χ0n) is 18.8. The van der Waals surface area contributed by atoms with E-state index in [1.807, 2.05) is 30.3 Å². The number of carbonyl (C=O) groups is 3. The molecule has 186 valence electrons. The van der Waals surface area contributed by atoms with Crippen LogP contribution in [0, 0.1) is 5.41 Å². The maximum Gasteiger partial charge on any atom is 0.307 e. The third-order valence-electron chi connectivity index (χ3n) is 4.50. The van der Waals surface area contributed by atoms with Crippen LogP contribution >= 0.6 is 12.4 Å². The number of guanidine groups is 1. The first-order chi connectivity index (χ1) is 15.4. The van der Waals surface area contributed by atoms with Crippen molar-refractivity contribution in [3.63, 3.8) is 0 Å². The maximum absolute atomic E-state index is 11.8. The molecule has 0 heterocycles. The predicted molar refractivity (Wildman–Crippen MR) is 128 cm³/mol. The molecule has 0 aliphatic rings. The Labute approximate surface area is 200 Å². The van der Waals surface area contributed by atoms with Crippen LogP contribution < -0.4 is 21.7 Å². The lowest BCUT2D eigenvalue weighted by molar-refractivity contribution is -0.144. The molecule has 0 saturated carbocycles. The molecule has 1 unspecified atom stereocenters. The average Bonchev–Trinajstić information content (AvgIpc) is 2.76. The van der Waals surface area contributed by atoms with Gasteiger partial charge in [0.2, 0.25) is 11.8 Å². The van der Waals surface area contributed by atoms with Crippen molar-refractivity contribution in [2.75, 3.05) is 19.6 Å². The number of unbranched alkanes of at least 4 members (excludes halogenated alkanes) is 3. The van der Waals surface area contributed by atoms with Gasteiger partial charge in [-0.2, -0.15) is 0 Å². The minimum atomic E-state index is -0.998. The summed E-state index contributed by atoms with van der Waals surface area (Å²) in [7, 11) is 0. The van der Waals surface area contributed by atoms with Gasteiger partial charge in [-0.3, -0.25) is 19.8 Å². The van der Waals surface area contributed by atoms with Crippen LogP contribution in [-0.4, -0.2) is 54.6 Å². The second kappa shape index (κ2) is 18.7. The summed E-state index contributed by atoms with van der Waals surface area (Å²) in [6.45, 7) is 0.940. The van der Waals surface area contributed by atoms with Crippen LogP contribution in [0.1, 0.15) is 50.5 Å². The molecule has 0 fully saturated rings. The van der Waals surface area contributed by atoms with Crippen LogP contribution in [0.25, 0.3) is 0 Å². The van der Waals surface area contributed by atoms with E-state index in [2.05, 4.69) is 16.0 Å². The summed E-state index contributed by atoms with van der Waals surface area (Å²) >= 11 is 0. The lowest BCUT2D eigenvalue weighted by atomic mass is 10.1. The zero-order chi connectivity index (χ0) is 23.6. The molecule has 1 rings (SSSR count). The summed E-state index contributed by atoms with van der Waals surface area (Å²) in [5.41, 5.74) is 6.07. The second-order valence-electron chi connectivity index (χ2n) is 7.41. The van der Waals surface area contributed by atoms with Gasteiger partial charge in [0.05, 0.1) is 18.9 Å². The highest BCUT2D eigenvalue weighted by Crippen LogP contribution is 2.03. The summed E-state index contributed by atoms with van der Waals surface area (Å²) in [6.07, 6.45) is 2.63. The molecule has 0 aliphatic carbocycles. The fourth-order valence-corrected chi connectivity index (χ4v) is 2.78. The van der Waals surface area contributed by atoms with E-state index in [0.29, 0.717) is 13.0 Å². The van der Waals surface area contributed by atoms with Crippen molar-refractivity contribution in [3.05, 3.63) is 35.9 Å². The minimum Gasteiger partial charge on any atom is -0.461 e. The Hall–Kier alpha value is -2.85. The van der Waals surface area contributed by atoms with Crippen LogP contribution in [-0.2, 0) is 25.7 Å². The average molecular weight is 486 g/mol. The Morgan fingerprint density at radius 3 is 2.33 bits per heavy atom. The van der Waals surface area contributed by atoms with Crippen LogP contribution in [0.5, 0.6) is 0 Å². The van der Waals surface area contributed by atoms with Crippen molar-refractivity contribution in [1.82, 2.24) is 16.0 Å². The van der Waals surface area contributed by atoms with Crippen molar-refractivity contribution in [1.29, 1.82) is 5.41 Å². The number of amides is 2. The number of rotatable bonds is 16. The largest absolute Gasteiger partial charge is 0.461 e. The fourth-order valence-electron chi connectivity index (χ4n) is 2.78. The topological polar surface area (TPSA) is 167 Å². The number of hydrogen-bond acceptors (Lipinski definition) is 6. The summed E-state index contributed by atoms with van der Waals surface area (Å²) in [4.78, 5) is 35.3. The van der Waals surface area contributed by atoms with Gasteiger partial charge in [0, 0.05) is 26.1 Å². The fraction of sp³-hybridized carbons (Fsp3) is 0.545. The van der Waals surface area contributed by atoms with Crippen molar-refractivity contribution in [2.45, 2.75) is 57.7 Å². The molecule has 11 heteroatoms. The van der Waals surface area contributed by atoms with E-state index >= 15 is 0 Å². The summed E-state index contributed by atoms with van der Waals surface area (Å²) in [5.74, 6) is -1.04. The number of hydrogen-bond donors (Lipinski definition) is 6. The molecule has 1 aromatic rings. The molecule has 0 saturated heterocycles. The number of aliphatic hydroxyl groups is 1. The van der Waals surface area contributed by atoms with E-state index in [0.717, 1.165) is 31.2 Å². The monoisotopic (exact) mass is 485 g/mol. The van der Waals surface area contributed by atoms with E-state index in [4.69, 9.17) is 15.9 Å². The number of halogens is 1. The van der Waals surface area contributed by atoms with Crippen LogP contribution in [0.15, 0.2) is 30.3 Å². The van der Waals surface area contributed by atoms with Gasteiger partial charge < -0.3 is 31.5 Å². The highest BCUT2D eigenvalue weighted by Gasteiger charge is 2.13. The molecular formula is C22H36ClN5O5. The van der Waals surface area contributed by atoms with Gasteiger partial charge >= 0.3 is 5.97 Å². The van der Waals surface area contributed by atoms with E-state index in [1.165, 1.54) is 0 Å².